The minimum atomic E-state index is 0.269. The van der Waals surface area contributed by atoms with Crippen molar-refractivity contribution in [3.05, 3.63) is 33.8 Å². The molecule has 2 rings (SSSR count). The third-order valence-corrected chi connectivity index (χ3v) is 5.24. The topological polar surface area (TPSA) is 15.3 Å². The number of rotatable bonds is 8. The molecular formula is C17H26Cl2N2. The first-order valence-electron chi connectivity index (χ1n) is 7.97. The Morgan fingerprint density at radius 1 is 1.33 bits per heavy atom. The summed E-state index contributed by atoms with van der Waals surface area (Å²) in [6.07, 6.45) is 5.27. The average molecular weight is 329 g/mol. The van der Waals surface area contributed by atoms with E-state index in [1.165, 1.54) is 25.8 Å². The van der Waals surface area contributed by atoms with Gasteiger partial charge in [-0.15, -0.1) is 0 Å². The second-order valence-electron chi connectivity index (χ2n) is 6.10. The van der Waals surface area contributed by atoms with Crippen molar-refractivity contribution in [1.29, 1.82) is 0 Å². The van der Waals surface area contributed by atoms with Gasteiger partial charge < -0.3 is 10.2 Å². The molecule has 4 heteroatoms. The SMILES string of the molecule is CCNC(CCN(C)CC1CCC1)c1cccc(Cl)c1Cl. The Bertz CT molecular complexity index is 446. The monoisotopic (exact) mass is 328 g/mol. The molecule has 0 amide bonds. The summed E-state index contributed by atoms with van der Waals surface area (Å²) in [7, 11) is 2.22. The first-order chi connectivity index (χ1) is 10.1. The first kappa shape index (κ1) is 17.1. The van der Waals surface area contributed by atoms with E-state index in [0.717, 1.165) is 31.0 Å². The minimum Gasteiger partial charge on any atom is -0.310 e. The van der Waals surface area contributed by atoms with Crippen molar-refractivity contribution in [3.63, 3.8) is 0 Å². The van der Waals surface area contributed by atoms with Gasteiger partial charge in [0.2, 0.25) is 0 Å². The second-order valence-corrected chi connectivity index (χ2v) is 6.89. The van der Waals surface area contributed by atoms with Gasteiger partial charge in [0.25, 0.3) is 0 Å². The Morgan fingerprint density at radius 2 is 2.10 bits per heavy atom. The predicted molar refractivity (Wildman–Crippen MR) is 92.3 cm³/mol. The molecule has 1 aromatic rings. The van der Waals surface area contributed by atoms with Crippen LogP contribution < -0.4 is 5.32 Å². The van der Waals surface area contributed by atoms with Crippen LogP contribution in [-0.4, -0.2) is 31.6 Å². The van der Waals surface area contributed by atoms with Crippen LogP contribution in [-0.2, 0) is 0 Å². The molecule has 1 fully saturated rings. The quantitative estimate of drug-likeness (QED) is 0.739. The molecule has 1 unspecified atom stereocenters. The number of hydrogen-bond donors (Lipinski definition) is 1. The average Bonchev–Trinajstić information content (AvgIpc) is 2.42. The van der Waals surface area contributed by atoms with E-state index in [-0.39, 0.29) is 6.04 Å². The fourth-order valence-electron chi connectivity index (χ4n) is 2.96. The summed E-state index contributed by atoms with van der Waals surface area (Å²) in [6.45, 7) is 5.36. The van der Waals surface area contributed by atoms with E-state index in [1.54, 1.807) is 0 Å². The van der Waals surface area contributed by atoms with Crippen molar-refractivity contribution in [1.82, 2.24) is 10.2 Å². The Morgan fingerprint density at radius 3 is 2.71 bits per heavy atom. The Balaban J connectivity index is 1.93. The largest absolute Gasteiger partial charge is 0.310 e. The maximum absolute atomic E-state index is 6.37. The lowest BCUT2D eigenvalue weighted by Crippen LogP contribution is -2.32. The summed E-state index contributed by atoms with van der Waals surface area (Å²) >= 11 is 12.5. The maximum atomic E-state index is 6.37. The Hall–Kier alpha value is -0.280. The number of halogens is 2. The molecule has 2 nitrogen and oxygen atoms in total. The zero-order chi connectivity index (χ0) is 15.2. The van der Waals surface area contributed by atoms with Gasteiger partial charge in [-0.1, -0.05) is 48.7 Å². The molecule has 118 valence electrons. The van der Waals surface area contributed by atoms with Crippen molar-refractivity contribution in [2.45, 2.75) is 38.6 Å². The van der Waals surface area contributed by atoms with Crippen LogP contribution in [0.2, 0.25) is 10.0 Å². The molecule has 0 heterocycles. The first-order valence-corrected chi connectivity index (χ1v) is 8.73. The van der Waals surface area contributed by atoms with Gasteiger partial charge in [0.1, 0.15) is 0 Å². The van der Waals surface area contributed by atoms with Crippen LogP contribution in [0.25, 0.3) is 0 Å². The third kappa shape index (κ3) is 4.85. The van der Waals surface area contributed by atoms with Crippen LogP contribution in [0.15, 0.2) is 18.2 Å². The van der Waals surface area contributed by atoms with E-state index >= 15 is 0 Å². The highest BCUT2D eigenvalue weighted by Crippen LogP contribution is 2.32. The van der Waals surface area contributed by atoms with Gasteiger partial charge in [0.05, 0.1) is 10.0 Å². The van der Waals surface area contributed by atoms with Crippen LogP contribution in [0.1, 0.15) is 44.2 Å². The molecule has 21 heavy (non-hydrogen) atoms. The lowest BCUT2D eigenvalue weighted by molar-refractivity contribution is 0.199. The van der Waals surface area contributed by atoms with E-state index in [9.17, 15) is 0 Å². The van der Waals surface area contributed by atoms with Gasteiger partial charge >= 0.3 is 0 Å². The van der Waals surface area contributed by atoms with E-state index < -0.39 is 0 Å². The Kier molecular flexibility index (Phi) is 6.81. The molecule has 0 bridgehead atoms. The standard InChI is InChI=1S/C17H26Cl2N2/c1-3-20-16(14-8-5-9-15(18)17(14)19)10-11-21(2)12-13-6-4-7-13/h5,8-9,13,16,20H,3-4,6-7,10-12H2,1-2H3. The van der Waals surface area contributed by atoms with E-state index in [1.807, 2.05) is 12.1 Å². The molecule has 1 aliphatic rings. The molecule has 1 N–H and O–H groups in total. The molecule has 1 aliphatic carbocycles. The van der Waals surface area contributed by atoms with Crippen LogP contribution in [0.4, 0.5) is 0 Å². The van der Waals surface area contributed by atoms with Crippen molar-refractivity contribution >= 4 is 23.2 Å². The predicted octanol–water partition coefficient (Wildman–Crippen LogP) is 4.77. The lowest BCUT2D eigenvalue weighted by atomic mass is 9.85. The third-order valence-electron chi connectivity index (χ3n) is 4.40. The molecule has 1 saturated carbocycles. The fourth-order valence-corrected chi connectivity index (χ4v) is 3.40. The van der Waals surface area contributed by atoms with Gasteiger partial charge in [-0.05, 0) is 56.9 Å². The van der Waals surface area contributed by atoms with Crippen molar-refractivity contribution < 1.29 is 0 Å². The molecule has 1 atom stereocenters. The van der Waals surface area contributed by atoms with E-state index in [0.29, 0.717) is 10.0 Å². The Labute approximate surface area is 138 Å². The zero-order valence-corrected chi connectivity index (χ0v) is 14.6. The highest BCUT2D eigenvalue weighted by atomic mass is 35.5. The van der Waals surface area contributed by atoms with Crippen molar-refractivity contribution in [3.8, 4) is 0 Å². The smallest absolute Gasteiger partial charge is 0.0640 e. The zero-order valence-electron chi connectivity index (χ0n) is 13.0. The number of benzene rings is 1. The summed E-state index contributed by atoms with van der Waals surface area (Å²) in [5.41, 5.74) is 1.11. The summed E-state index contributed by atoms with van der Waals surface area (Å²) in [5.74, 6) is 0.919. The normalized spacial score (nSPS) is 17.0. The number of nitrogens with zero attached hydrogens (tertiary/aromatic N) is 1. The van der Waals surface area contributed by atoms with E-state index in [4.69, 9.17) is 23.2 Å². The molecular weight excluding hydrogens is 303 g/mol. The summed E-state index contributed by atoms with van der Waals surface area (Å²) in [6, 6.07) is 6.17. The van der Waals surface area contributed by atoms with Gasteiger partial charge in [0.15, 0.2) is 0 Å². The molecule has 0 aromatic heterocycles. The summed E-state index contributed by atoms with van der Waals surface area (Å²) in [5, 5.41) is 4.86. The maximum Gasteiger partial charge on any atom is 0.0640 e. The van der Waals surface area contributed by atoms with Gasteiger partial charge in [0, 0.05) is 12.6 Å². The number of nitrogens with one attached hydrogen (secondary N) is 1. The lowest BCUT2D eigenvalue weighted by Gasteiger charge is -2.31. The number of hydrogen-bond acceptors (Lipinski definition) is 2. The van der Waals surface area contributed by atoms with Gasteiger partial charge in [-0.25, -0.2) is 0 Å². The molecule has 0 spiro atoms. The van der Waals surface area contributed by atoms with Crippen LogP contribution in [0.5, 0.6) is 0 Å². The van der Waals surface area contributed by atoms with Gasteiger partial charge in [-0.2, -0.15) is 0 Å². The molecule has 1 aromatic carbocycles. The summed E-state index contributed by atoms with van der Waals surface area (Å²) < 4.78 is 0. The second kappa shape index (κ2) is 8.38. The minimum absolute atomic E-state index is 0.269. The van der Waals surface area contributed by atoms with Crippen LogP contribution >= 0.6 is 23.2 Å². The highest BCUT2D eigenvalue weighted by Gasteiger charge is 2.20. The van der Waals surface area contributed by atoms with Crippen LogP contribution in [0, 0.1) is 5.92 Å². The van der Waals surface area contributed by atoms with E-state index in [2.05, 4.69) is 30.3 Å². The van der Waals surface area contributed by atoms with Crippen molar-refractivity contribution in [2.24, 2.45) is 5.92 Å². The fraction of sp³-hybridized carbons (Fsp3) is 0.647. The van der Waals surface area contributed by atoms with Gasteiger partial charge in [-0.3, -0.25) is 0 Å². The highest BCUT2D eigenvalue weighted by molar-refractivity contribution is 6.42. The molecule has 0 saturated heterocycles. The summed E-state index contributed by atoms with van der Waals surface area (Å²) in [4.78, 5) is 2.45. The van der Waals surface area contributed by atoms with Crippen molar-refractivity contribution in [2.75, 3.05) is 26.7 Å². The molecule has 0 radical (unpaired) electrons. The molecule has 0 aliphatic heterocycles. The van der Waals surface area contributed by atoms with Crippen LogP contribution in [0.3, 0.4) is 0 Å².